The van der Waals surface area contributed by atoms with Crippen LogP contribution in [0.3, 0.4) is 0 Å². The predicted molar refractivity (Wildman–Crippen MR) is 88.6 cm³/mol. The number of hydrogen-bond donors (Lipinski definition) is 4. The van der Waals surface area contributed by atoms with Gasteiger partial charge >= 0.3 is 10.4 Å². The zero-order valence-electron chi connectivity index (χ0n) is 13.2. The van der Waals surface area contributed by atoms with Gasteiger partial charge in [0.2, 0.25) is 5.44 Å². The van der Waals surface area contributed by atoms with Crippen molar-refractivity contribution in [1.82, 2.24) is 0 Å². The third kappa shape index (κ3) is 29.0. The highest BCUT2D eigenvalue weighted by Gasteiger charge is 2.28. The van der Waals surface area contributed by atoms with Gasteiger partial charge in [-0.2, -0.15) is 16.8 Å². The highest BCUT2D eigenvalue weighted by molar-refractivity contribution is 7.86. The molecular formula is C12H24O10S2. The maximum absolute atomic E-state index is 10.5. The van der Waals surface area contributed by atoms with Crippen LogP contribution in [0.4, 0.5) is 0 Å². The lowest BCUT2D eigenvalue weighted by Gasteiger charge is -2.15. The second-order valence-electron chi connectivity index (χ2n) is 3.81. The van der Waals surface area contributed by atoms with Crippen LogP contribution in [-0.4, -0.2) is 67.0 Å². The summed E-state index contributed by atoms with van der Waals surface area (Å²) in [5.74, 6) is 0. The lowest BCUT2D eigenvalue weighted by molar-refractivity contribution is 0.0261. The molecule has 0 aliphatic heterocycles. The Hall–Kier alpha value is -1.12. The SMILES string of the molecule is C=CCOC(C(C)O)S(=O)(=O)O.C=CCOCC=C.O=S(=O)(O)O. The molecular weight excluding hydrogens is 368 g/mol. The molecule has 0 aliphatic rings. The summed E-state index contributed by atoms with van der Waals surface area (Å²) >= 11 is 0. The molecule has 0 aliphatic carbocycles. The zero-order valence-corrected chi connectivity index (χ0v) is 14.8. The van der Waals surface area contributed by atoms with E-state index in [1.54, 1.807) is 12.2 Å². The van der Waals surface area contributed by atoms with Crippen molar-refractivity contribution in [2.75, 3.05) is 19.8 Å². The molecule has 0 amide bonds. The van der Waals surface area contributed by atoms with Gasteiger partial charge in [-0.15, -0.1) is 19.7 Å². The van der Waals surface area contributed by atoms with Crippen LogP contribution in [0.1, 0.15) is 6.92 Å². The number of ether oxygens (including phenoxy) is 2. The third-order valence-corrected chi connectivity index (χ3v) is 2.65. The molecule has 12 heteroatoms. The van der Waals surface area contributed by atoms with Crippen LogP contribution in [-0.2, 0) is 30.0 Å². The Labute approximate surface area is 142 Å². The number of hydrogen-bond acceptors (Lipinski definition) is 7. The van der Waals surface area contributed by atoms with Crippen molar-refractivity contribution in [3.05, 3.63) is 38.0 Å². The monoisotopic (exact) mass is 392 g/mol. The van der Waals surface area contributed by atoms with Crippen molar-refractivity contribution in [1.29, 1.82) is 0 Å². The van der Waals surface area contributed by atoms with E-state index in [0.29, 0.717) is 13.2 Å². The van der Waals surface area contributed by atoms with Gasteiger partial charge in [-0.1, -0.05) is 18.2 Å². The van der Waals surface area contributed by atoms with Gasteiger partial charge in [0, 0.05) is 0 Å². The van der Waals surface area contributed by atoms with E-state index in [4.69, 9.17) is 31.9 Å². The fourth-order valence-electron chi connectivity index (χ4n) is 0.872. The summed E-state index contributed by atoms with van der Waals surface area (Å²) in [5, 5.41) is 8.88. The minimum Gasteiger partial charge on any atom is -0.389 e. The molecule has 2 atom stereocenters. The van der Waals surface area contributed by atoms with E-state index in [1.807, 2.05) is 0 Å². The fraction of sp³-hybridized carbons (Fsp3) is 0.500. The summed E-state index contributed by atoms with van der Waals surface area (Å²) in [6.45, 7) is 12.6. The van der Waals surface area contributed by atoms with Crippen LogP contribution in [0, 0.1) is 0 Å². The second kappa shape index (κ2) is 15.4. The fourth-order valence-corrected chi connectivity index (χ4v) is 1.62. The van der Waals surface area contributed by atoms with Crippen molar-refractivity contribution < 1.29 is 45.1 Å². The molecule has 0 radical (unpaired) electrons. The third-order valence-electron chi connectivity index (χ3n) is 1.54. The van der Waals surface area contributed by atoms with E-state index < -0.39 is 32.1 Å². The standard InChI is InChI=1S/C6H12O5S.C6H10O.H2O4S/c1-3-4-11-6(5(2)7)12(8,9)10;1-3-5-7-6-4-2;1-5(2,3)4/h3,5-7H,1,4H2,2H3,(H,8,9,10);3-4H,1-2,5-6H2;(H2,1,2,3,4). The van der Waals surface area contributed by atoms with Crippen molar-refractivity contribution in [3.63, 3.8) is 0 Å². The van der Waals surface area contributed by atoms with E-state index in [1.165, 1.54) is 13.0 Å². The average molecular weight is 392 g/mol. The Bertz CT molecular complexity index is 520. The normalized spacial score (nSPS) is 13.2. The van der Waals surface area contributed by atoms with Gasteiger partial charge in [-0.3, -0.25) is 13.7 Å². The molecule has 0 spiro atoms. The van der Waals surface area contributed by atoms with E-state index in [-0.39, 0.29) is 6.61 Å². The Morgan fingerprint density at radius 1 is 0.917 bits per heavy atom. The Kier molecular flexibility index (Phi) is 17.8. The summed E-state index contributed by atoms with van der Waals surface area (Å²) in [6, 6.07) is 0. The topological polar surface area (TPSA) is 168 Å². The van der Waals surface area contributed by atoms with Gasteiger partial charge in [-0.05, 0) is 6.92 Å². The summed E-state index contributed by atoms with van der Waals surface area (Å²) in [7, 11) is -9.02. The first-order valence-electron chi connectivity index (χ1n) is 6.17. The molecule has 2 unspecified atom stereocenters. The van der Waals surface area contributed by atoms with Gasteiger partial charge in [0.25, 0.3) is 10.1 Å². The smallest absolute Gasteiger partial charge is 0.389 e. The molecule has 0 aromatic heterocycles. The van der Waals surface area contributed by atoms with E-state index >= 15 is 0 Å². The molecule has 0 rings (SSSR count). The van der Waals surface area contributed by atoms with Crippen molar-refractivity contribution >= 4 is 20.5 Å². The van der Waals surface area contributed by atoms with Gasteiger partial charge in [0.15, 0.2) is 0 Å². The molecule has 0 aromatic rings. The van der Waals surface area contributed by atoms with Gasteiger partial charge < -0.3 is 14.6 Å². The molecule has 0 fully saturated rings. The number of aliphatic hydroxyl groups excluding tert-OH is 1. The molecule has 24 heavy (non-hydrogen) atoms. The van der Waals surface area contributed by atoms with Gasteiger partial charge in [0.1, 0.15) is 0 Å². The first-order chi connectivity index (χ1) is 10.8. The largest absolute Gasteiger partial charge is 0.394 e. The number of aliphatic hydroxyl groups is 1. The van der Waals surface area contributed by atoms with E-state index in [0.717, 1.165) is 0 Å². The summed E-state index contributed by atoms with van der Waals surface area (Å²) in [5.41, 5.74) is -1.60. The first-order valence-corrected chi connectivity index (χ1v) is 9.07. The quantitative estimate of drug-likeness (QED) is 0.246. The molecule has 0 saturated carbocycles. The maximum atomic E-state index is 10.5. The lowest BCUT2D eigenvalue weighted by atomic mass is 10.4. The van der Waals surface area contributed by atoms with E-state index in [9.17, 15) is 8.42 Å². The van der Waals surface area contributed by atoms with Crippen LogP contribution in [0.15, 0.2) is 38.0 Å². The molecule has 0 saturated heterocycles. The van der Waals surface area contributed by atoms with Crippen molar-refractivity contribution in [2.45, 2.75) is 18.5 Å². The van der Waals surface area contributed by atoms with Crippen molar-refractivity contribution in [2.24, 2.45) is 0 Å². The van der Waals surface area contributed by atoms with Crippen molar-refractivity contribution in [3.8, 4) is 0 Å². The highest BCUT2D eigenvalue weighted by Crippen LogP contribution is 2.06. The van der Waals surface area contributed by atoms with Crippen LogP contribution in [0.25, 0.3) is 0 Å². The average Bonchev–Trinajstić information content (AvgIpc) is 2.36. The lowest BCUT2D eigenvalue weighted by Crippen LogP contribution is -2.34. The molecule has 4 N–H and O–H groups in total. The molecule has 144 valence electrons. The minimum atomic E-state index is -4.67. The Balaban J connectivity index is -0.000000311. The molecule has 0 aromatic carbocycles. The Morgan fingerprint density at radius 2 is 1.25 bits per heavy atom. The summed E-state index contributed by atoms with van der Waals surface area (Å²) < 4.78 is 70.6. The van der Waals surface area contributed by atoms with Gasteiger partial charge in [-0.25, -0.2) is 0 Å². The zero-order chi connectivity index (χ0) is 19.8. The molecule has 0 heterocycles. The second-order valence-corrected chi connectivity index (χ2v) is 6.20. The highest BCUT2D eigenvalue weighted by atomic mass is 32.3. The Morgan fingerprint density at radius 3 is 1.46 bits per heavy atom. The van der Waals surface area contributed by atoms with Crippen LogP contribution in [0.2, 0.25) is 0 Å². The minimum absolute atomic E-state index is 0.0463. The molecule has 10 nitrogen and oxygen atoms in total. The maximum Gasteiger partial charge on any atom is 0.394 e. The predicted octanol–water partition coefficient (Wildman–Crippen LogP) is 0.506. The van der Waals surface area contributed by atoms with Gasteiger partial charge in [0.05, 0.1) is 25.9 Å². The summed E-state index contributed by atoms with van der Waals surface area (Å²) in [6.07, 6.45) is 3.47. The number of rotatable bonds is 9. The summed E-state index contributed by atoms with van der Waals surface area (Å²) in [4.78, 5) is 0. The molecule has 0 bridgehead atoms. The van der Waals surface area contributed by atoms with Crippen LogP contribution >= 0.6 is 0 Å². The first kappa shape index (κ1) is 27.7. The van der Waals surface area contributed by atoms with Crippen LogP contribution in [0.5, 0.6) is 0 Å². The van der Waals surface area contributed by atoms with E-state index in [2.05, 4.69) is 24.5 Å². The van der Waals surface area contributed by atoms with Crippen LogP contribution < -0.4 is 0 Å².